The number of ether oxygens (including phenoxy) is 6. The van der Waals surface area contributed by atoms with Gasteiger partial charge in [-0.1, -0.05) is 41.5 Å². The van der Waals surface area contributed by atoms with Crippen molar-refractivity contribution in [2.24, 2.45) is 0 Å². The van der Waals surface area contributed by atoms with E-state index in [1.165, 1.54) is 0 Å². The van der Waals surface area contributed by atoms with Gasteiger partial charge in [-0.25, -0.2) is 0 Å². The van der Waals surface area contributed by atoms with Crippen LogP contribution in [0.4, 0.5) is 0 Å². The Morgan fingerprint density at radius 1 is 0.379 bits per heavy atom. The minimum atomic E-state index is -1.38. The van der Waals surface area contributed by atoms with Gasteiger partial charge in [0.15, 0.2) is 17.4 Å². The van der Waals surface area contributed by atoms with Gasteiger partial charge in [-0.05, 0) is 101 Å². The Balaban J connectivity index is -0.000000374. The summed E-state index contributed by atoms with van der Waals surface area (Å²) < 4.78 is 34.5. The predicted octanol–water partition coefficient (Wildman–Crippen LogP) is 3.92. The molecule has 0 saturated carbocycles. The monoisotopic (exact) mass is 846 g/mol. The van der Waals surface area contributed by atoms with Crippen molar-refractivity contribution in [3.8, 4) is 0 Å². The molecule has 0 aromatic heterocycles. The van der Waals surface area contributed by atoms with Crippen LogP contribution in [0.2, 0.25) is 0 Å². The van der Waals surface area contributed by atoms with Crippen molar-refractivity contribution in [1.82, 2.24) is 0 Å². The molecule has 0 spiro atoms. The number of hydrogen-bond donors (Lipinski definition) is 0. The van der Waals surface area contributed by atoms with E-state index >= 15 is 0 Å². The molecule has 0 N–H and O–H groups in total. The van der Waals surface area contributed by atoms with Gasteiger partial charge < -0.3 is 58.1 Å². The fraction of sp³-hybridized carbons (Fsp3) is 0.857. The molecule has 0 amide bonds. The van der Waals surface area contributed by atoms with Gasteiger partial charge in [0.25, 0.3) is 0 Å². The largest absolute Gasteiger partial charge is 3.00 e. The van der Waals surface area contributed by atoms with Crippen molar-refractivity contribution < 1.29 is 72.5 Å². The zero-order valence-electron chi connectivity index (χ0n) is 38.2. The van der Waals surface area contributed by atoms with E-state index in [1.54, 1.807) is 20.8 Å². The molecule has 6 unspecified atom stereocenters. The molecule has 0 aromatic carbocycles. The Kier molecular flexibility index (Phi) is 34.9. The van der Waals surface area contributed by atoms with Crippen molar-refractivity contribution in [3.63, 3.8) is 0 Å². The van der Waals surface area contributed by atoms with Crippen molar-refractivity contribution in [1.29, 1.82) is 0 Å². The maximum absolute atomic E-state index is 11.6. The van der Waals surface area contributed by atoms with Crippen molar-refractivity contribution in [2.45, 2.75) is 235 Å². The normalized spacial score (nSPS) is 17.2. The molecular weight excluding hydrogens is 771 g/mol. The maximum Gasteiger partial charge on any atom is 3.00 e. The zero-order chi connectivity index (χ0) is 45.2. The second kappa shape index (κ2) is 32.5. The molecule has 0 aliphatic heterocycles. The average molecular weight is 847 g/mol. The van der Waals surface area contributed by atoms with E-state index in [-0.39, 0.29) is 73.2 Å². The van der Waals surface area contributed by atoms with Gasteiger partial charge in [0, 0.05) is 37.2 Å². The van der Waals surface area contributed by atoms with Crippen LogP contribution < -0.4 is 15.3 Å². The number of carboxylic acids is 3. The SMILES string of the molecule is CCC(C)OC(C)(CC(=O)CC(=O)[O-])OC(C)CC.CCC(C)OC(C)(CC(=O)CC(=O)[O-])OC(C)CC.CCC(C)OC(C)(CC(=O)CC(=O)[O-])OC(C)CC.[Al+3]. The van der Waals surface area contributed by atoms with Gasteiger partial charge in [0.05, 0.1) is 55.9 Å². The molecule has 0 rings (SSSR count). The standard InChI is InChI=1S/3C14H26O5.Al/c3*1-6-10(3)18-14(5,19-11(4)7-2)9-12(15)8-13(16)17;/h3*10-11H,6-9H2,1-5H3,(H,16,17);/q;;;+3/p-3. The van der Waals surface area contributed by atoms with E-state index in [4.69, 9.17) is 28.4 Å². The summed E-state index contributed by atoms with van der Waals surface area (Å²) in [6.07, 6.45) is 2.24. The Labute approximate surface area is 359 Å². The molecule has 0 bridgehead atoms. The van der Waals surface area contributed by atoms with Crippen molar-refractivity contribution in [2.75, 3.05) is 0 Å². The summed E-state index contributed by atoms with van der Waals surface area (Å²) in [5.74, 6) is -8.73. The topological polar surface area (TPSA) is 227 Å². The van der Waals surface area contributed by atoms with Crippen molar-refractivity contribution >= 4 is 52.6 Å². The van der Waals surface area contributed by atoms with Crippen LogP contribution in [0.25, 0.3) is 0 Å². The summed E-state index contributed by atoms with van der Waals surface area (Å²) in [4.78, 5) is 66.2. The molecule has 16 heteroatoms. The molecule has 0 heterocycles. The number of aliphatic carboxylic acids is 3. The molecule has 336 valence electrons. The first-order valence-electron chi connectivity index (χ1n) is 20.4. The summed E-state index contributed by atoms with van der Waals surface area (Å²) in [6.45, 7) is 28.2. The first kappa shape index (κ1) is 62.4. The summed E-state index contributed by atoms with van der Waals surface area (Å²) in [6, 6.07) is 0. The van der Waals surface area contributed by atoms with E-state index in [0.29, 0.717) is 0 Å². The summed E-state index contributed by atoms with van der Waals surface area (Å²) >= 11 is 0. The number of carbonyl (C=O) groups excluding carboxylic acids is 6. The fourth-order valence-electron chi connectivity index (χ4n) is 5.13. The van der Waals surface area contributed by atoms with Gasteiger partial charge in [-0.15, -0.1) is 0 Å². The van der Waals surface area contributed by atoms with Crippen LogP contribution in [0, 0.1) is 0 Å². The van der Waals surface area contributed by atoms with Gasteiger partial charge in [-0.3, -0.25) is 14.4 Å². The van der Waals surface area contributed by atoms with Crippen LogP contribution in [0.15, 0.2) is 0 Å². The van der Waals surface area contributed by atoms with E-state index < -0.39 is 71.9 Å². The van der Waals surface area contributed by atoms with Crippen LogP contribution in [0.5, 0.6) is 0 Å². The van der Waals surface area contributed by atoms with E-state index in [1.807, 2.05) is 83.1 Å². The minimum absolute atomic E-state index is 0. The molecule has 0 aliphatic carbocycles. The van der Waals surface area contributed by atoms with E-state index in [9.17, 15) is 44.1 Å². The first-order chi connectivity index (χ1) is 26.2. The zero-order valence-corrected chi connectivity index (χ0v) is 39.3. The average Bonchev–Trinajstić information content (AvgIpc) is 3.06. The van der Waals surface area contributed by atoms with Crippen LogP contribution >= 0.6 is 0 Å². The molecular formula is C42H75AlO15. The van der Waals surface area contributed by atoms with Gasteiger partial charge in [0.1, 0.15) is 17.3 Å². The van der Waals surface area contributed by atoms with Gasteiger partial charge in [0.2, 0.25) is 0 Å². The van der Waals surface area contributed by atoms with Crippen LogP contribution in [0.3, 0.4) is 0 Å². The number of ketones is 3. The van der Waals surface area contributed by atoms with Crippen LogP contribution in [-0.2, 0) is 57.2 Å². The Bertz CT molecular complexity index is 1010. The second-order valence-electron chi connectivity index (χ2n) is 15.2. The minimum Gasteiger partial charge on any atom is -0.550 e. The van der Waals surface area contributed by atoms with E-state index in [2.05, 4.69) is 0 Å². The van der Waals surface area contributed by atoms with Gasteiger partial charge in [-0.2, -0.15) is 0 Å². The van der Waals surface area contributed by atoms with Crippen LogP contribution in [-0.4, -0.2) is 107 Å². The molecule has 0 aliphatic rings. The first-order valence-corrected chi connectivity index (χ1v) is 20.4. The number of hydrogen-bond acceptors (Lipinski definition) is 15. The quantitative estimate of drug-likeness (QED) is 0.0567. The molecule has 0 fully saturated rings. The third-order valence-electron chi connectivity index (χ3n) is 8.73. The second-order valence-corrected chi connectivity index (χ2v) is 15.2. The predicted molar refractivity (Wildman–Crippen MR) is 214 cm³/mol. The maximum atomic E-state index is 11.6. The molecule has 6 atom stereocenters. The third kappa shape index (κ3) is 33.5. The van der Waals surface area contributed by atoms with E-state index in [0.717, 1.165) is 38.5 Å². The molecule has 0 saturated heterocycles. The number of carboxylic acid groups (broad SMARTS) is 3. The molecule has 15 nitrogen and oxygen atoms in total. The summed E-state index contributed by atoms with van der Waals surface area (Å²) in [5, 5.41) is 31.3. The third-order valence-corrected chi connectivity index (χ3v) is 8.73. The molecule has 58 heavy (non-hydrogen) atoms. The Hall–Kier alpha value is -2.29. The van der Waals surface area contributed by atoms with Gasteiger partial charge >= 0.3 is 17.4 Å². The van der Waals surface area contributed by atoms with Crippen LogP contribution in [0.1, 0.15) is 181 Å². The Morgan fingerprint density at radius 3 is 0.621 bits per heavy atom. The van der Waals surface area contributed by atoms with Crippen molar-refractivity contribution in [3.05, 3.63) is 0 Å². The number of carbonyl (C=O) groups is 6. The number of rotatable bonds is 30. The number of Topliss-reactive ketones (excluding diaryl/α,β-unsaturated/α-hetero) is 3. The smallest absolute Gasteiger partial charge is 0.550 e. The summed E-state index contributed by atoms with van der Waals surface area (Å²) in [7, 11) is 0. The summed E-state index contributed by atoms with van der Waals surface area (Å²) in [5.41, 5.74) is 0. The molecule has 0 radical (unpaired) electrons. The fourth-order valence-corrected chi connectivity index (χ4v) is 5.13. The Morgan fingerprint density at radius 2 is 0.517 bits per heavy atom. The molecule has 0 aromatic rings.